The van der Waals surface area contributed by atoms with Crippen LogP contribution in [-0.2, 0) is 4.79 Å². The van der Waals surface area contributed by atoms with E-state index in [1.165, 1.54) is 21.1 Å². The number of rotatable bonds is 7. The minimum atomic E-state index is -0.336. The van der Waals surface area contributed by atoms with E-state index in [2.05, 4.69) is 5.32 Å². The number of Topliss-reactive ketones (excluding diaryl/α,β-unsaturated/α-hetero) is 1. The van der Waals surface area contributed by atoms with Gasteiger partial charge in [-0.3, -0.25) is 9.59 Å². The normalized spacial score (nSPS) is 9.96. The minimum absolute atomic E-state index is 0.0641. The predicted octanol–water partition coefficient (Wildman–Crippen LogP) is 2.92. The summed E-state index contributed by atoms with van der Waals surface area (Å²) in [6.45, 7) is 1.29. The maximum atomic E-state index is 12.0. The van der Waals surface area contributed by atoms with Crippen LogP contribution in [-0.4, -0.2) is 32.5 Å². The molecule has 0 aliphatic heterocycles. The largest absolute Gasteiger partial charge is 0.496 e. The maximum Gasteiger partial charge on any atom is 0.262 e. The number of benzene rings is 2. The molecule has 1 amide bonds. The lowest BCUT2D eigenvalue weighted by Gasteiger charge is -2.11. The average molecular weight is 329 g/mol. The van der Waals surface area contributed by atoms with Crippen LogP contribution in [0.4, 0.5) is 5.69 Å². The highest BCUT2D eigenvalue weighted by molar-refractivity contribution is 5.97. The molecule has 24 heavy (non-hydrogen) atoms. The van der Waals surface area contributed by atoms with E-state index in [1.54, 1.807) is 42.5 Å². The summed E-state index contributed by atoms with van der Waals surface area (Å²) in [4.78, 5) is 23.3. The number of anilines is 1. The molecular weight excluding hydrogens is 310 g/mol. The molecule has 0 aromatic heterocycles. The summed E-state index contributed by atoms with van der Waals surface area (Å²) in [7, 11) is 3.07. The Morgan fingerprint density at radius 1 is 0.958 bits per heavy atom. The standard InChI is InChI=1S/C18H19NO5/c1-12(20)13-5-4-6-14(7-13)19-18(21)11-24-17-9-15(22-2)8-16(10-17)23-3/h4-10H,11H2,1-3H3,(H,19,21). The van der Waals surface area contributed by atoms with Gasteiger partial charge in [-0.15, -0.1) is 0 Å². The molecule has 1 N–H and O–H groups in total. The van der Waals surface area contributed by atoms with E-state index in [9.17, 15) is 9.59 Å². The van der Waals surface area contributed by atoms with Crippen LogP contribution in [0.1, 0.15) is 17.3 Å². The van der Waals surface area contributed by atoms with E-state index in [0.29, 0.717) is 28.5 Å². The Bertz CT molecular complexity index is 720. The zero-order valence-electron chi connectivity index (χ0n) is 13.8. The summed E-state index contributed by atoms with van der Waals surface area (Å²) < 4.78 is 15.7. The highest BCUT2D eigenvalue weighted by atomic mass is 16.5. The molecule has 0 radical (unpaired) electrons. The van der Waals surface area contributed by atoms with Crippen molar-refractivity contribution in [3.63, 3.8) is 0 Å². The summed E-state index contributed by atoms with van der Waals surface area (Å²) in [5.41, 5.74) is 1.07. The quantitative estimate of drug-likeness (QED) is 0.791. The number of carbonyl (C=O) groups excluding carboxylic acids is 2. The van der Waals surface area contributed by atoms with Crippen molar-refractivity contribution < 1.29 is 23.8 Å². The van der Waals surface area contributed by atoms with Crippen molar-refractivity contribution in [2.24, 2.45) is 0 Å². The fourth-order valence-electron chi connectivity index (χ4n) is 2.03. The van der Waals surface area contributed by atoms with Gasteiger partial charge >= 0.3 is 0 Å². The summed E-state index contributed by atoms with van der Waals surface area (Å²) in [5, 5.41) is 2.69. The predicted molar refractivity (Wildman–Crippen MR) is 90.1 cm³/mol. The highest BCUT2D eigenvalue weighted by Crippen LogP contribution is 2.27. The highest BCUT2D eigenvalue weighted by Gasteiger charge is 2.08. The SMILES string of the molecule is COc1cc(OC)cc(OCC(=O)Nc2cccc(C(C)=O)c2)c1. The molecule has 0 unspecified atom stereocenters. The monoisotopic (exact) mass is 329 g/mol. The second-order valence-corrected chi connectivity index (χ2v) is 5.02. The number of ether oxygens (including phenoxy) is 3. The van der Waals surface area contributed by atoms with Gasteiger partial charge in [-0.2, -0.15) is 0 Å². The van der Waals surface area contributed by atoms with Crippen molar-refractivity contribution in [1.82, 2.24) is 0 Å². The van der Waals surface area contributed by atoms with E-state index in [0.717, 1.165) is 0 Å². The molecule has 2 rings (SSSR count). The van der Waals surface area contributed by atoms with Crippen LogP contribution >= 0.6 is 0 Å². The first kappa shape index (κ1) is 17.3. The molecule has 0 aliphatic carbocycles. The smallest absolute Gasteiger partial charge is 0.262 e. The first-order valence-corrected chi connectivity index (χ1v) is 7.28. The lowest BCUT2D eigenvalue weighted by atomic mass is 10.1. The maximum absolute atomic E-state index is 12.0. The van der Waals surface area contributed by atoms with E-state index in [4.69, 9.17) is 14.2 Å². The summed E-state index contributed by atoms with van der Waals surface area (Å²) in [5.74, 6) is 1.19. The molecule has 126 valence electrons. The number of methoxy groups -OCH3 is 2. The Balaban J connectivity index is 1.98. The molecular formula is C18H19NO5. The van der Waals surface area contributed by atoms with Crippen LogP contribution in [0.15, 0.2) is 42.5 Å². The molecule has 2 aromatic carbocycles. The van der Waals surface area contributed by atoms with Gasteiger partial charge in [0.2, 0.25) is 0 Å². The first-order valence-electron chi connectivity index (χ1n) is 7.28. The molecule has 0 saturated heterocycles. The Labute approximate surface area is 140 Å². The number of carbonyl (C=O) groups is 2. The Morgan fingerprint density at radius 2 is 1.58 bits per heavy atom. The van der Waals surface area contributed by atoms with Crippen LogP contribution < -0.4 is 19.5 Å². The number of amides is 1. The van der Waals surface area contributed by atoms with Gasteiger partial charge in [-0.1, -0.05) is 12.1 Å². The van der Waals surface area contributed by atoms with Crippen molar-refractivity contribution in [3.05, 3.63) is 48.0 Å². The van der Waals surface area contributed by atoms with Crippen LogP contribution in [0.3, 0.4) is 0 Å². The summed E-state index contributed by atoms with van der Waals surface area (Å²) in [6.07, 6.45) is 0. The average Bonchev–Trinajstić information content (AvgIpc) is 2.59. The van der Waals surface area contributed by atoms with Crippen molar-refractivity contribution in [2.45, 2.75) is 6.92 Å². The van der Waals surface area contributed by atoms with Crippen LogP contribution in [0.25, 0.3) is 0 Å². The zero-order valence-corrected chi connectivity index (χ0v) is 13.8. The third-order valence-electron chi connectivity index (χ3n) is 3.25. The molecule has 0 atom stereocenters. The molecule has 0 saturated carbocycles. The Morgan fingerprint density at radius 3 is 2.17 bits per heavy atom. The van der Waals surface area contributed by atoms with E-state index in [-0.39, 0.29) is 18.3 Å². The van der Waals surface area contributed by atoms with E-state index < -0.39 is 0 Å². The van der Waals surface area contributed by atoms with Gasteiger partial charge in [0, 0.05) is 29.4 Å². The second-order valence-electron chi connectivity index (χ2n) is 5.02. The van der Waals surface area contributed by atoms with E-state index >= 15 is 0 Å². The fraction of sp³-hybridized carbons (Fsp3) is 0.222. The topological polar surface area (TPSA) is 73.9 Å². The molecule has 0 bridgehead atoms. The number of ketones is 1. The lowest BCUT2D eigenvalue weighted by Crippen LogP contribution is -2.20. The van der Waals surface area contributed by atoms with Gasteiger partial charge in [0.05, 0.1) is 14.2 Å². The lowest BCUT2D eigenvalue weighted by molar-refractivity contribution is -0.118. The van der Waals surface area contributed by atoms with Gasteiger partial charge < -0.3 is 19.5 Å². The molecule has 2 aromatic rings. The fourth-order valence-corrected chi connectivity index (χ4v) is 2.03. The number of nitrogens with one attached hydrogen (secondary N) is 1. The van der Waals surface area contributed by atoms with E-state index in [1.807, 2.05) is 0 Å². The van der Waals surface area contributed by atoms with Gasteiger partial charge in [0.25, 0.3) is 5.91 Å². The molecule has 6 nitrogen and oxygen atoms in total. The van der Waals surface area contributed by atoms with Gasteiger partial charge in [0.1, 0.15) is 17.2 Å². The second kappa shape index (κ2) is 8.01. The van der Waals surface area contributed by atoms with Crippen LogP contribution in [0.2, 0.25) is 0 Å². The number of hydrogen-bond donors (Lipinski definition) is 1. The molecule has 0 spiro atoms. The molecule has 0 fully saturated rings. The zero-order chi connectivity index (χ0) is 17.5. The van der Waals surface area contributed by atoms with Gasteiger partial charge in [0.15, 0.2) is 12.4 Å². The van der Waals surface area contributed by atoms with Crippen molar-refractivity contribution in [3.8, 4) is 17.2 Å². The molecule has 0 aliphatic rings. The first-order chi connectivity index (χ1) is 11.5. The van der Waals surface area contributed by atoms with Crippen molar-refractivity contribution >= 4 is 17.4 Å². The van der Waals surface area contributed by atoms with Crippen LogP contribution in [0, 0.1) is 0 Å². The third kappa shape index (κ3) is 4.74. The van der Waals surface area contributed by atoms with Crippen LogP contribution in [0.5, 0.6) is 17.2 Å². The van der Waals surface area contributed by atoms with Gasteiger partial charge in [-0.25, -0.2) is 0 Å². The summed E-state index contributed by atoms with van der Waals surface area (Å²) in [6, 6.07) is 11.8. The minimum Gasteiger partial charge on any atom is -0.496 e. The third-order valence-corrected chi connectivity index (χ3v) is 3.25. The van der Waals surface area contributed by atoms with Crippen molar-refractivity contribution in [2.75, 3.05) is 26.1 Å². The van der Waals surface area contributed by atoms with Crippen molar-refractivity contribution in [1.29, 1.82) is 0 Å². The summed E-state index contributed by atoms with van der Waals surface area (Å²) >= 11 is 0. The molecule has 6 heteroatoms. The van der Waals surface area contributed by atoms with Gasteiger partial charge in [-0.05, 0) is 19.1 Å². The number of hydrogen-bond acceptors (Lipinski definition) is 5. The Kier molecular flexibility index (Phi) is 5.78. The Hall–Kier alpha value is -3.02. The molecule has 0 heterocycles.